The van der Waals surface area contributed by atoms with Crippen LogP contribution in [0, 0.1) is 6.92 Å². The minimum absolute atomic E-state index is 0.200. The summed E-state index contributed by atoms with van der Waals surface area (Å²) in [5.41, 5.74) is -0.118. The second-order valence-corrected chi connectivity index (χ2v) is 2.85. The first-order valence-corrected chi connectivity index (χ1v) is 4.14. The van der Waals surface area contributed by atoms with Gasteiger partial charge in [0.05, 0.1) is 7.11 Å². The largest absolute Gasteiger partial charge is 0.573 e. The Morgan fingerprint density at radius 3 is 2.50 bits per heavy atom. The maximum absolute atomic E-state index is 12.0. The highest BCUT2D eigenvalue weighted by Gasteiger charge is 2.33. The monoisotopic (exact) mass is 235 g/mol. The summed E-state index contributed by atoms with van der Waals surface area (Å²) in [6, 6.07) is 1.01. The van der Waals surface area contributed by atoms with Crippen molar-refractivity contribution < 1.29 is 27.4 Å². The lowest BCUT2D eigenvalue weighted by atomic mass is 10.2. The molecule has 1 heterocycles. The Hall–Kier alpha value is -1.79. The van der Waals surface area contributed by atoms with Crippen LogP contribution < -0.4 is 9.47 Å². The van der Waals surface area contributed by atoms with Crippen LogP contribution in [0.15, 0.2) is 6.07 Å². The lowest BCUT2D eigenvalue weighted by Gasteiger charge is -2.13. The number of aldehydes is 1. The Kier molecular flexibility index (Phi) is 3.36. The number of rotatable bonds is 3. The molecule has 7 heteroatoms. The number of halogens is 3. The maximum atomic E-state index is 12.0. The molecular weight excluding hydrogens is 227 g/mol. The molecule has 0 fully saturated rings. The second-order valence-electron chi connectivity index (χ2n) is 2.85. The van der Waals surface area contributed by atoms with E-state index in [9.17, 15) is 18.0 Å². The minimum atomic E-state index is -4.86. The summed E-state index contributed by atoms with van der Waals surface area (Å²) in [6.45, 7) is 1.46. The first-order valence-electron chi connectivity index (χ1n) is 4.14. The van der Waals surface area contributed by atoms with Crippen LogP contribution in [-0.4, -0.2) is 24.7 Å². The molecule has 0 atom stereocenters. The molecule has 4 nitrogen and oxygen atoms in total. The van der Waals surface area contributed by atoms with Crippen molar-refractivity contribution in [2.24, 2.45) is 0 Å². The summed E-state index contributed by atoms with van der Waals surface area (Å²) in [4.78, 5) is 14.4. The topological polar surface area (TPSA) is 48.4 Å². The number of carbonyl (C=O) groups excluding carboxylic acids is 1. The Bertz CT molecular complexity index is 404. The molecule has 0 radical (unpaired) electrons. The number of aryl methyl sites for hydroxylation is 1. The number of hydrogen-bond acceptors (Lipinski definition) is 4. The van der Waals surface area contributed by atoms with E-state index < -0.39 is 12.1 Å². The van der Waals surface area contributed by atoms with Crippen molar-refractivity contribution in [1.82, 2.24) is 4.98 Å². The number of hydrogen-bond donors (Lipinski definition) is 0. The highest BCUT2D eigenvalue weighted by atomic mass is 19.4. The molecule has 0 aliphatic heterocycles. The average molecular weight is 235 g/mol. The van der Waals surface area contributed by atoms with Gasteiger partial charge in [0, 0.05) is 11.8 Å². The number of carbonyl (C=O) groups is 1. The molecule has 0 aliphatic rings. The smallest absolute Gasteiger partial charge is 0.480 e. The Labute approximate surface area is 89.0 Å². The Balaban J connectivity index is 3.25. The van der Waals surface area contributed by atoms with Gasteiger partial charge in [0.15, 0.2) is 6.29 Å². The van der Waals surface area contributed by atoms with Crippen molar-refractivity contribution in [3.8, 4) is 11.6 Å². The van der Waals surface area contributed by atoms with Crippen molar-refractivity contribution in [2.45, 2.75) is 13.3 Å². The average Bonchev–Trinajstić information content (AvgIpc) is 2.14. The van der Waals surface area contributed by atoms with Crippen LogP contribution in [0.1, 0.15) is 16.1 Å². The van der Waals surface area contributed by atoms with Gasteiger partial charge in [0.1, 0.15) is 11.3 Å². The van der Waals surface area contributed by atoms with Crippen LogP contribution in [0.3, 0.4) is 0 Å². The van der Waals surface area contributed by atoms with Crippen LogP contribution in [0.4, 0.5) is 13.2 Å². The van der Waals surface area contributed by atoms with Gasteiger partial charge in [-0.25, -0.2) is 4.98 Å². The number of alkyl halides is 3. The van der Waals surface area contributed by atoms with Crippen LogP contribution in [0.5, 0.6) is 11.6 Å². The third-order valence-corrected chi connectivity index (χ3v) is 1.65. The molecule has 0 N–H and O–H groups in total. The zero-order valence-electron chi connectivity index (χ0n) is 8.46. The molecular formula is C9H8F3NO3. The van der Waals surface area contributed by atoms with E-state index >= 15 is 0 Å². The molecule has 0 saturated carbocycles. The van der Waals surface area contributed by atoms with E-state index in [1.54, 1.807) is 0 Å². The third-order valence-electron chi connectivity index (χ3n) is 1.65. The summed E-state index contributed by atoms with van der Waals surface area (Å²) in [5, 5.41) is 0. The Morgan fingerprint density at radius 1 is 1.44 bits per heavy atom. The number of methoxy groups -OCH3 is 1. The SMILES string of the molecule is COc1nc(C)cc(OC(F)(F)F)c1C=O. The molecule has 0 bridgehead atoms. The summed E-state index contributed by atoms with van der Waals surface area (Å²) in [6.07, 6.45) is -4.66. The molecule has 0 amide bonds. The van der Waals surface area contributed by atoms with E-state index in [0.29, 0.717) is 0 Å². The fraction of sp³-hybridized carbons (Fsp3) is 0.333. The summed E-state index contributed by atoms with van der Waals surface area (Å²) in [5.74, 6) is -0.818. The second kappa shape index (κ2) is 4.38. The van der Waals surface area contributed by atoms with E-state index in [4.69, 9.17) is 0 Å². The zero-order valence-corrected chi connectivity index (χ0v) is 8.46. The highest BCUT2D eigenvalue weighted by molar-refractivity contribution is 5.82. The third kappa shape index (κ3) is 2.85. The van der Waals surface area contributed by atoms with E-state index in [1.165, 1.54) is 14.0 Å². The van der Waals surface area contributed by atoms with Crippen molar-refractivity contribution in [1.29, 1.82) is 0 Å². The number of ether oxygens (including phenoxy) is 2. The lowest BCUT2D eigenvalue weighted by molar-refractivity contribution is -0.274. The molecule has 1 aromatic heterocycles. The van der Waals surface area contributed by atoms with Gasteiger partial charge in [0.2, 0.25) is 5.88 Å². The zero-order chi connectivity index (χ0) is 12.3. The molecule has 0 spiro atoms. The summed E-state index contributed by atoms with van der Waals surface area (Å²) < 4.78 is 44.5. The quantitative estimate of drug-likeness (QED) is 0.753. The number of nitrogens with zero attached hydrogens (tertiary/aromatic N) is 1. The molecule has 0 aliphatic carbocycles. The predicted molar refractivity (Wildman–Crippen MR) is 47.6 cm³/mol. The molecule has 88 valence electrons. The highest BCUT2D eigenvalue weighted by Crippen LogP contribution is 2.30. The minimum Gasteiger partial charge on any atom is -0.480 e. The van der Waals surface area contributed by atoms with Crippen LogP contribution in [0.2, 0.25) is 0 Å². The van der Waals surface area contributed by atoms with E-state index in [-0.39, 0.29) is 23.4 Å². The fourth-order valence-corrected chi connectivity index (χ4v) is 1.10. The van der Waals surface area contributed by atoms with Gasteiger partial charge in [-0.05, 0) is 6.92 Å². The van der Waals surface area contributed by atoms with Gasteiger partial charge < -0.3 is 9.47 Å². The van der Waals surface area contributed by atoms with E-state index in [1.807, 2.05) is 0 Å². The number of pyridine rings is 1. The normalized spacial score (nSPS) is 11.1. The predicted octanol–water partition coefficient (Wildman–Crippen LogP) is 2.11. The molecule has 0 saturated heterocycles. The van der Waals surface area contributed by atoms with Gasteiger partial charge in [-0.2, -0.15) is 0 Å². The van der Waals surface area contributed by atoms with Gasteiger partial charge in [-0.1, -0.05) is 0 Å². The first kappa shape index (κ1) is 12.3. The van der Waals surface area contributed by atoms with Gasteiger partial charge >= 0.3 is 6.36 Å². The van der Waals surface area contributed by atoms with Gasteiger partial charge in [-0.3, -0.25) is 4.79 Å². The van der Waals surface area contributed by atoms with Crippen molar-refractivity contribution in [3.63, 3.8) is 0 Å². The van der Waals surface area contributed by atoms with Gasteiger partial charge in [-0.15, -0.1) is 13.2 Å². The van der Waals surface area contributed by atoms with Crippen molar-refractivity contribution in [3.05, 3.63) is 17.3 Å². The molecule has 1 aromatic rings. The van der Waals surface area contributed by atoms with Crippen LogP contribution >= 0.6 is 0 Å². The van der Waals surface area contributed by atoms with Crippen molar-refractivity contribution >= 4 is 6.29 Å². The fourth-order valence-electron chi connectivity index (χ4n) is 1.10. The van der Waals surface area contributed by atoms with Crippen molar-refractivity contribution in [2.75, 3.05) is 7.11 Å². The lowest BCUT2D eigenvalue weighted by Crippen LogP contribution is -2.18. The van der Waals surface area contributed by atoms with E-state index in [2.05, 4.69) is 14.5 Å². The summed E-state index contributed by atoms with van der Waals surface area (Å²) >= 11 is 0. The molecule has 16 heavy (non-hydrogen) atoms. The van der Waals surface area contributed by atoms with E-state index in [0.717, 1.165) is 6.07 Å². The molecule has 0 unspecified atom stereocenters. The van der Waals surface area contributed by atoms with Crippen LogP contribution in [0.25, 0.3) is 0 Å². The summed E-state index contributed by atoms with van der Waals surface area (Å²) in [7, 11) is 1.20. The first-order chi connectivity index (χ1) is 7.37. The molecule has 1 rings (SSSR count). The van der Waals surface area contributed by atoms with Gasteiger partial charge in [0.25, 0.3) is 0 Å². The Morgan fingerprint density at radius 2 is 2.06 bits per heavy atom. The number of aromatic nitrogens is 1. The molecule has 0 aromatic carbocycles. The standard InChI is InChI=1S/C9H8F3NO3/c1-5-3-7(16-9(10,11)12)6(4-14)8(13-5)15-2/h3-4H,1-2H3. The maximum Gasteiger partial charge on any atom is 0.573 e. The van der Waals surface area contributed by atoms with Crippen LogP contribution in [-0.2, 0) is 0 Å².